The van der Waals surface area contributed by atoms with Gasteiger partial charge in [-0.15, -0.1) is 0 Å². The molecular weight excluding hydrogens is 446 g/mol. The summed E-state index contributed by atoms with van der Waals surface area (Å²) in [6, 6.07) is 24.1. The van der Waals surface area contributed by atoms with Gasteiger partial charge in [0.15, 0.2) is 6.10 Å². The quantitative estimate of drug-likeness (QED) is 0.350. The zero-order valence-corrected chi connectivity index (χ0v) is 20.1. The van der Waals surface area contributed by atoms with E-state index in [-0.39, 0.29) is 5.97 Å². The Hall–Kier alpha value is -3.84. The Labute approximate surface area is 206 Å². The van der Waals surface area contributed by atoms with Gasteiger partial charge in [-0.3, -0.25) is 5.32 Å². The normalized spacial score (nSPS) is 11.4. The smallest absolute Gasteiger partial charge is 0.417 e. The number of rotatable bonds is 12. The number of hydrogen-bond donors (Lipinski definition) is 1. The van der Waals surface area contributed by atoms with Crippen molar-refractivity contribution in [3.63, 3.8) is 0 Å². The Morgan fingerprint density at radius 3 is 2.14 bits per heavy atom. The molecule has 0 bridgehead atoms. The van der Waals surface area contributed by atoms with Crippen molar-refractivity contribution >= 4 is 17.7 Å². The molecule has 0 spiro atoms. The molecule has 0 fully saturated rings. The summed E-state index contributed by atoms with van der Waals surface area (Å²) in [5.41, 5.74) is 2.70. The second-order valence-corrected chi connectivity index (χ2v) is 7.67. The van der Waals surface area contributed by atoms with Crippen molar-refractivity contribution in [2.75, 3.05) is 25.1 Å². The van der Waals surface area contributed by atoms with Crippen molar-refractivity contribution in [2.24, 2.45) is 0 Å². The van der Waals surface area contributed by atoms with E-state index in [1.165, 1.54) is 0 Å². The predicted octanol–water partition coefficient (Wildman–Crippen LogP) is 5.43. The van der Waals surface area contributed by atoms with Gasteiger partial charge in [-0.05, 0) is 61.4 Å². The van der Waals surface area contributed by atoms with Crippen molar-refractivity contribution in [2.45, 2.75) is 32.8 Å². The van der Waals surface area contributed by atoms with Crippen molar-refractivity contribution < 1.29 is 28.5 Å². The molecule has 3 aromatic carbocycles. The highest BCUT2D eigenvalue weighted by atomic mass is 16.6. The van der Waals surface area contributed by atoms with E-state index >= 15 is 0 Å². The lowest BCUT2D eigenvalue weighted by atomic mass is 10.1. The molecule has 0 heterocycles. The van der Waals surface area contributed by atoms with Gasteiger partial charge in [-0.25, -0.2) is 9.59 Å². The van der Waals surface area contributed by atoms with Crippen LogP contribution >= 0.6 is 0 Å². The predicted molar refractivity (Wildman–Crippen MR) is 134 cm³/mol. The summed E-state index contributed by atoms with van der Waals surface area (Å²) in [5.74, 6) is 0.892. The summed E-state index contributed by atoms with van der Waals surface area (Å²) in [4.78, 5) is 24.0. The van der Waals surface area contributed by atoms with E-state index in [2.05, 4.69) is 5.32 Å². The molecular formula is C28H31NO6. The second-order valence-electron chi connectivity index (χ2n) is 7.67. The average molecular weight is 478 g/mol. The van der Waals surface area contributed by atoms with Gasteiger partial charge in [0.05, 0.1) is 13.2 Å². The van der Waals surface area contributed by atoms with Gasteiger partial charge < -0.3 is 18.9 Å². The summed E-state index contributed by atoms with van der Waals surface area (Å²) < 4.78 is 21.7. The van der Waals surface area contributed by atoms with Crippen LogP contribution in [0.1, 0.15) is 25.0 Å². The lowest BCUT2D eigenvalue weighted by molar-refractivity contribution is -0.156. The number of nitrogens with one attached hydrogen (secondary N) is 1. The maximum Gasteiger partial charge on any atom is 0.417 e. The van der Waals surface area contributed by atoms with Gasteiger partial charge in [0, 0.05) is 25.1 Å². The number of carbonyl (C=O) groups is 2. The first-order valence-electron chi connectivity index (χ1n) is 11.7. The molecule has 184 valence electrons. The largest absolute Gasteiger partial charge is 0.493 e. The highest BCUT2D eigenvalue weighted by molar-refractivity contribution is 5.86. The highest BCUT2D eigenvalue weighted by Gasteiger charge is 2.20. The topological polar surface area (TPSA) is 83.1 Å². The highest BCUT2D eigenvalue weighted by Crippen LogP contribution is 2.17. The van der Waals surface area contributed by atoms with Crippen LogP contribution < -0.4 is 14.8 Å². The van der Waals surface area contributed by atoms with Crippen molar-refractivity contribution in [3.05, 3.63) is 90.0 Å². The molecule has 35 heavy (non-hydrogen) atoms. The number of ether oxygens (including phenoxy) is 4. The van der Waals surface area contributed by atoms with E-state index in [9.17, 15) is 9.59 Å². The Bertz CT molecular complexity index is 1050. The minimum Gasteiger partial charge on any atom is -0.493 e. The maximum absolute atomic E-state index is 12.0. The molecule has 3 aromatic rings. The van der Waals surface area contributed by atoms with Gasteiger partial charge >= 0.3 is 12.1 Å². The number of esters is 1. The van der Waals surface area contributed by atoms with Crippen LogP contribution in [0, 0.1) is 0 Å². The third-order valence-electron chi connectivity index (χ3n) is 5.08. The molecule has 7 heteroatoms. The van der Waals surface area contributed by atoms with Crippen LogP contribution in [0.3, 0.4) is 0 Å². The molecule has 0 aliphatic carbocycles. The lowest BCUT2D eigenvalue weighted by Crippen LogP contribution is -2.28. The first-order valence-corrected chi connectivity index (χ1v) is 11.7. The molecule has 0 saturated heterocycles. The Morgan fingerprint density at radius 1 is 0.800 bits per heavy atom. The van der Waals surface area contributed by atoms with Gasteiger partial charge in [0.2, 0.25) is 0 Å². The fourth-order valence-corrected chi connectivity index (χ4v) is 3.36. The van der Waals surface area contributed by atoms with Crippen LogP contribution in [0.15, 0.2) is 78.9 Å². The SMILES string of the molecule is CCOC(=O)C(Cc1ccc(OCCc2ccc(NC(=O)Oc3ccccc3)cc2)cc1)OCC. The van der Waals surface area contributed by atoms with E-state index in [0.717, 1.165) is 16.9 Å². The average Bonchev–Trinajstić information content (AvgIpc) is 2.86. The number of amides is 1. The van der Waals surface area contributed by atoms with Crippen LogP contribution in [0.5, 0.6) is 11.5 Å². The van der Waals surface area contributed by atoms with Crippen LogP contribution in [-0.2, 0) is 27.1 Å². The van der Waals surface area contributed by atoms with Crippen LogP contribution in [0.4, 0.5) is 10.5 Å². The fourth-order valence-electron chi connectivity index (χ4n) is 3.36. The van der Waals surface area contributed by atoms with Crippen molar-refractivity contribution in [1.29, 1.82) is 0 Å². The van der Waals surface area contributed by atoms with E-state index < -0.39 is 12.2 Å². The molecule has 0 aliphatic rings. The fraction of sp³-hybridized carbons (Fsp3) is 0.286. The number of hydrogen-bond acceptors (Lipinski definition) is 6. The van der Waals surface area contributed by atoms with Crippen LogP contribution in [0.25, 0.3) is 0 Å². The van der Waals surface area contributed by atoms with E-state index in [1.54, 1.807) is 31.2 Å². The summed E-state index contributed by atoms with van der Waals surface area (Å²) in [7, 11) is 0. The minimum absolute atomic E-state index is 0.329. The van der Waals surface area contributed by atoms with Gasteiger partial charge in [-0.2, -0.15) is 0 Å². The third-order valence-corrected chi connectivity index (χ3v) is 5.08. The number of para-hydroxylation sites is 1. The summed E-state index contributed by atoms with van der Waals surface area (Å²) in [6.07, 6.45) is 0.0211. The standard InChI is InChI=1S/C28H31NO6/c1-3-32-26(27(30)33-4-2)20-22-12-16-24(17-13-22)34-19-18-21-10-14-23(15-11-21)29-28(31)35-25-8-6-5-7-9-25/h5-17,26H,3-4,18-20H2,1-2H3,(H,29,31). The van der Waals surface area contributed by atoms with Gasteiger partial charge in [0.1, 0.15) is 11.5 Å². The van der Waals surface area contributed by atoms with E-state index in [4.69, 9.17) is 18.9 Å². The maximum atomic E-state index is 12.0. The molecule has 3 rings (SSSR count). The number of anilines is 1. The lowest BCUT2D eigenvalue weighted by Gasteiger charge is -2.15. The Balaban J connectivity index is 1.42. The van der Waals surface area contributed by atoms with Crippen LogP contribution in [-0.4, -0.2) is 38.0 Å². The molecule has 1 amide bonds. The molecule has 0 aliphatic heterocycles. The first kappa shape index (κ1) is 25.8. The molecule has 1 atom stereocenters. The minimum atomic E-state index is -0.607. The number of benzene rings is 3. The summed E-state index contributed by atoms with van der Waals surface area (Å²) in [5, 5.41) is 2.71. The molecule has 0 aromatic heterocycles. The Morgan fingerprint density at radius 2 is 1.49 bits per heavy atom. The molecule has 1 unspecified atom stereocenters. The second kappa shape index (κ2) is 13.8. The monoisotopic (exact) mass is 477 g/mol. The van der Waals surface area contributed by atoms with Crippen LogP contribution in [0.2, 0.25) is 0 Å². The van der Waals surface area contributed by atoms with Gasteiger partial charge in [-0.1, -0.05) is 42.5 Å². The zero-order valence-electron chi connectivity index (χ0n) is 20.1. The summed E-state index contributed by atoms with van der Waals surface area (Å²) in [6.45, 7) is 4.91. The zero-order chi connectivity index (χ0) is 24.9. The first-order chi connectivity index (χ1) is 17.1. The number of carbonyl (C=O) groups excluding carboxylic acids is 2. The van der Waals surface area contributed by atoms with E-state index in [1.807, 2.05) is 61.5 Å². The molecule has 1 N–H and O–H groups in total. The van der Waals surface area contributed by atoms with E-state index in [0.29, 0.717) is 44.1 Å². The third kappa shape index (κ3) is 8.79. The van der Waals surface area contributed by atoms with Crippen molar-refractivity contribution in [3.8, 4) is 11.5 Å². The van der Waals surface area contributed by atoms with Gasteiger partial charge in [0.25, 0.3) is 0 Å². The molecule has 0 saturated carbocycles. The molecule has 7 nitrogen and oxygen atoms in total. The Kier molecular flexibility index (Phi) is 10.1. The van der Waals surface area contributed by atoms with Crippen molar-refractivity contribution in [1.82, 2.24) is 0 Å². The molecule has 0 radical (unpaired) electrons. The summed E-state index contributed by atoms with van der Waals surface area (Å²) >= 11 is 0.